The van der Waals surface area contributed by atoms with E-state index in [-0.39, 0.29) is 34.8 Å². The number of carbonyl (C=O) groups excluding carboxylic acids is 2. The summed E-state index contributed by atoms with van der Waals surface area (Å²) in [4.78, 5) is 29.8. The van der Waals surface area contributed by atoms with Gasteiger partial charge in [-0.3, -0.25) is 19.0 Å². The SMILES string of the molecule is CO[C@H]1/C=C\C[C@H](C)CS(=O)(NC(=O)c2cnn(C(C)C)c2)=NC(=O)c2ccc3c(c2)N(C[C@@H]2CC[C@H]21)C[C@@]1(CCCc2cc(Cl)ccc21)CO3. The Bertz CT molecular complexity index is 1970. The van der Waals surface area contributed by atoms with Crippen LogP contribution in [0.3, 0.4) is 0 Å². The molecule has 1 fully saturated rings. The second-order valence-corrected chi connectivity index (χ2v) is 17.6. The van der Waals surface area contributed by atoms with Crippen molar-refractivity contribution in [2.24, 2.45) is 22.1 Å². The molecule has 2 amide bonds. The first-order valence-electron chi connectivity index (χ1n) is 18.1. The smallest absolute Gasteiger partial charge is 0.286 e. The maximum absolute atomic E-state index is 14.5. The Balaban J connectivity index is 1.29. The minimum atomic E-state index is -3.53. The van der Waals surface area contributed by atoms with Crippen LogP contribution in [0.1, 0.15) is 90.8 Å². The average molecular weight is 734 g/mol. The number of carbonyl (C=O) groups is 2. The summed E-state index contributed by atoms with van der Waals surface area (Å²) >= 11 is 6.46. The van der Waals surface area contributed by atoms with E-state index in [2.05, 4.69) is 43.4 Å². The summed E-state index contributed by atoms with van der Waals surface area (Å²) in [5.74, 6) is 0.0553. The van der Waals surface area contributed by atoms with Gasteiger partial charge in [-0.05, 0) is 112 Å². The molecule has 7 rings (SSSR count). The molecule has 1 unspecified atom stereocenters. The molecule has 1 N–H and O–H groups in total. The van der Waals surface area contributed by atoms with Crippen LogP contribution in [0.15, 0.2) is 65.3 Å². The standard InChI is InChI=1S/C39H48ClN5O5S/c1-25(2)45-21-30(19-41-45)38(47)43-51(48)22-26(3)7-5-9-35(49-4)32-13-10-29(32)20-44-23-39(16-6-8-27-17-31(40)12-14-33(27)39)24-50-36-15-11-28(18-34(36)44)37(46)42-51/h5,9,11-12,14-15,17-19,21,25-26,29,32,35H,6-8,10,13,16,20,22-24H2,1-4H3,(H,42,43,46,47,48)/b9-5-/t26-,29-,32+,35-,39-,51?/m0/s1. The van der Waals surface area contributed by atoms with Crippen molar-refractivity contribution in [3.05, 3.63) is 88.2 Å². The van der Waals surface area contributed by atoms with Crippen molar-refractivity contribution in [3.8, 4) is 5.75 Å². The highest BCUT2D eigenvalue weighted by atomic mass is 35.5. The number of hydrogen-bond donors (Lipinski definition) is 1. The van der Waals surface area contributed by atoms with Crippen molar-refractivity contribution in [3.63, 3.8) is 0 Å². The predicted octanol–water partition coefficient (Wildman–Crippen LogP) is 7.18. The van der Waals surface area contributed by atoms with E-state index in [1.165, 1.54) is 17.3 Å². The Morgan fingerprint density at radius 2 is 2.04 bits per heavy atom. The van der Waals surface area contributed by atoms with Gasteiger partial charge in [0.1, 0.15) is 15.7 Å². The Kier molecular flexibility index (Phi) is 10.1. The number of halogens is 1. The molecule has 0 saturated heterocycles. The highest BCUT2D eigenvalue weighted by molar-refractivity contribution is 7.92. The lowest BCUT2D eigenvalue weighted by molar-refractivity contribution is 0.0131. The maximum Gasteiger partial charge on any atom is 0.286 e. The molecule has 2 aliphatic carbocycles. The molecule has 1 spiro atoms. The number of fused-ring (bicyclic) bond motifs is 4. The first kappa shape index (κ1) is 35.7. The van der Waals surface area contributed by atoms with Gasteiger partial charge in [0, 0.05) is 48.4 Å². The molecular weight excluding hydrogens is 686 g/mol. The summed E-state index contributed by atoms with van der Waals surface area (Å²) in [5.41, 5.74) is 3.65. The minimum Gasteiger partial charge on any atom is -0.490 e. The zero-order valence-electron chi connectivity index (χ0n) is 29.8. The monoisotopic (exact) mass is 733 g/mol. The Hall–Kier alpha value is -3.67. The number of methoxy groups -OCH3 is 1. The van der Waals surface area contributed by atoms with Crippen molar-refractivity contribution >= 4 is 39.0 Å². The van der Waals surface area contributed by atoms with Gasteiger partial charge in [0.2, 0.25) is 0 Å². The molecule has 10 nitrogen and oxygen atoms in total. The Morgan fingerprint density at radius 1 is 1.20 bits per heavy atom. The van der Waals surface area contributed by atoms with Crippen molar-refractivity contribution < 1.29 is 23.3 Å². The number of rotatable bonds is 4. The first-order chi connectivity index (χ1) is 24.5. The largest absolute Gasteiger partial charge is 0.490 e. The molecule has 272 valence electrons. The lowest BCUT2D eigenvalue weighted by Crippen LogP contribution is -2.49. The summed E-state index contributed by atoms with van der Waals surface area (Å²) in [5, 5.41) is 5.00. The highest BCUT2D eigenvalue weighted by Crippen LogP contribution is 2.47. The second kappa shape index (κ2) is 14.4. The van der Waals surface area contributed by atoms with E-state index in [9.17, 15) is 13.8 Å². The number of nitrogens with one attached hydrogen (secondary N) is 1. The van der Waals surface area contributed by atoms with E-state index >= 15 is 0 Å². The zero-order chi connectivity index (χ0) is 35.9. The normalized spacial score (nSPS) is 29.9. The van der Waals surface area contributed by atoms with Crippen LogP contribution in [0.25, 0.3) is 0 Å². The summed E-state index contributed by atoms with van der Waals surface area (Å²) in [6.07, 6.45) is 12.9. The van der Waals surface area contributed by atoms with E-state index in [0.29, 0.717) is 42.7 Å². The molecule has 51 heavy (non-hydrogen) atoms. The van der Waals surface area contributed by atoms with E-state index in [1.807, 2.05) is 39.0 Å². The number of amides is 2. The third-order valence-corrected chi connectivity index (χ3v) is 13.4. The Morgan fingerprint density at radius 3 is 2.78 bits per heavy atom. The molecule has 3 aromatic rings. The fraction of sp³-hybridized carbons (Fsp3) is 0.513. The zero-order valence-corrected chi connectivity index (χ0v) is 31.4. The average Bonchev–Trinajstić information content (AvgIpc) is 3.53. The molecule has 6 atom stereocenters. The summed E-state index contributed by atoms with van der Waals surface area (Å²) < 4.78 is 35.8. The molecule has 1 saturated carbocycles. The van der Waals surface area contributed by atoms with Gasteiger partial charge < -0.3 is 14.4 Å². The molecule has 2 aliphatic heterocycles. The summed E-state index contributed by atoms with van der Waals surface area (Å²) in [6, 6.07) is 11.6. The predicted molar refractivity (Wildman–Crippen MR) is 200 cm³/mol. The molecule has 12 heteroatoms. The van der Waals surface area contributed by atoms with E-state index in [0.717, 1.165) is 49.4 Å². The van der Waals surface area contributed by atoms with E-state index < -0.39 is 21.7 Å². The highest BCUT2D eigenvalue weighted by Gasteiger charge is 2.44. The molecule has 4 aliphatic rings. The Labute approximate surface area is 306 Å². The first-order valence-corrected chi connectivity index (χ1v) is 20.2. The van der Waals surface area contributed by atoms with E-state index in [1.54, 1.807) is 24.1 Å². The van der Waals surface area contributed by atoms with Gasteiger partial charge in [0.15, 0.2) is 0 Å². The second-order valence-electron chi connectivity index (χ2n) is 15.2. The van der Waals surface area contributed by atoms with Crippen LogP contribution in [0.4, 0.5) is 5.69 Å². The molecule has 2 aromatic carbocycles. The summed E-state index contributed by atoms with van der Waals surface area (Å²) in [7, 11) is -1.77. The molecular formula is C39H48ClN5O5S. The van der Waals surface area contributed by atoms with E-state index in [4.69, 9.17) is 21.1 Å². The van der Waals surface area contributed by atoms with Crippen LogP contribution < -0.4 is 14.4 Å². The van der Waals surface area contributed by atoms with Crippen molar-refractivity contribution in [2.45, 2.75) is 76.9 Å². The van der Waals surface area contributed by atoms with Crippen LogP contribution in [-0.4, -0.2) is 64.5 Å². The van der Waals surface area contributed by atoms with Crippen molar-refractivity contribution in [2.75, 3.05) is 37.5 Å². The minimum absolute atomic E-state index is 0.00294. The number of nitrogens with zero attached hydrogens (tertiary/aromatic N) is 4. The third kappa shape index (κ3) is 7.35. The number of aromatic nitrogens is 2. The molecule has 0 radical (unpaired) electrons. The number of benzene rings is 2. The topological polar surface area (TPSA) is 115 Å². The number of aryl methyl sites for hydroxylation is 1. The quantitative estimate of drug-likeness (QED) is 0.283. The van der Waals surface area contributed by atoms with Crippen LogP contribution in [0.5, 0.6) is 5.75 Å². The number of ether oxygens (including phenoxy) is 2. The number of allylic oxidation sites excluding steroid dienone is 1. The fourth-order valence-corrected chi connectivity index (χ4v) is 10.4. The molecule has 1 aromatic heterocycles. The van der Waals surface area contributed by atoms with Crippen molar-refractivity contribution in [1.29, 1.82) is 0 Å². The van der Waals surface area contributed by atoms with Gasteiger partial charge in [-0.15, -0.1) is 4.36 Å². The van der Waals surface area contributed by atoms with Crippen LogP contribution in [-0.2, 0) is 26.5 Å². The number of hydrogen-bond acceptors (Lipinski definition) is 7. The van der Waals surface area contributed by atoms with Crippen molar-refractivity contribution in [1.82, 2.24) is 14.5 Å². The lowest BCUT2D eigenvalue weighted by atomic mass is 9.68. The molecule has 3 heterocycles. The number of anilines is 1. The van der Waals surface area contributed by atoms with Gasteiger partial charge in [0.05, 0.1) is 35.9 Å². The van der Waals surface area contributed by atoms with Gasteiger partial charge in [0.25, 0.3) is 11.8 Å². The molecule has 2 bridgehead atoms. The van der Waals surface area contributed by atoms with Crippen LogP contribution in [0, 0.1) is 17.8 Å². The van der Waals surface area contributed by atoms with Gasteiger partial charge in [-0.2, -0.15) is 5.10 Å². The summed E-state index contributed by atoms with van der Waals surface area (Å²) in [6.45, 7) is 7.86. The van der Waals surface area contributed by atoms with Crippen LogP contribution in [0.2, 0.25) is 5.02 Å². The maximum atomic E-state index is 14.5. The van der Waals surface area contributed by atoms with Gasteiger partial charge in [-0.25, -0.2) is 4.21 Å². The lowest BCUT2D eigenvalue weighted by Gasteiger charge is -2.46. The fourth-order valence-electron chi connectivity index (χ4n) is 8.31. The third-order valence-electron chi connectivity index (χ3n) is 11.2. The van der Waals surface area contributed by atoms with Gasteiger partial charge in [-0.1, -0.05) is 36.7 Å². The van der Waals surface area contributed by atoms with Crippen LogP contribution >= 0.6 is 11.6 Å². The van der Waals surface area contributed by atoms with Gasteiger partial charge >= 0.3 is 0 Å².